The normalized spacial score (nSPS) is 20.7. The Morgan fingerprint density at radius 2 is 1.23 bits per heavy atom. The summed E-state index contributed by atoms with van der Waals surface area (Å²) in [5.74, 6) is 10.5. The number of nitrogens with zero attached hydrogens (tertiary/aromatic N) is 4. The monoisotopic (exact) mass is 540 g/mol. The van der Waals surface area contributed by atoms with E-state index in [0.717, 1.165) is 60.3 Å². The van der Waals surface area contributed by atoms with E-state index < -0.39 is 24.1 Å². The smallest absolute Gasteiger partial charge is 0.332 e. The first kappa shape index (κ1) is 29.0. The second kappa shape index (κ2) is 13.9. The molecule has 4 heterocycles. The van der Waals surface area contributed by atoms with E-state index in [1.807, 2.05) is 24.5 Å². The van der Waals surface area contributed by atoms with Crippen molar-refractivity contribution >= 4 is 11.9 Å². The van der Waals surface area contributed by atoms with Crippen molar-refractivity contribution in [1.82, 2.24) is 19.8 Å². The van der Waals surface area contributed by atoms with Crippen molar-refractivity contribution in [3.05, 3.63) is 71.3 Å². The van der Waals surface area contributed by atoms with Crippen molar-refractivity contribution in [2.24, 2.45) is 0 Å². The molecule has 208 valence electrons. The van der Waals surface area contributed by atoms with Gasteiger partial charge in [0.05, 0.1) is 0 Å². The number of carbonyl (C=O) groups excluding carboxylic acids is 2. The second-order valence-corrected chi connectivity index (χ2v) is 10.3. The predicted octanol–water partition coefficient (Wildman–Crippen LogP) is 3.83. The van der Waals surface area contributed by atoms with E-state index in [1.165, 1.54) is 12.8 Å². The summed E-state index contributed by atoms with van der Waals surface area (Å²) in [4.78, 5) is 37.6. The highest BCUT2D eigenvalue weighted by Crippen LogP contribution is 2.30. The Kier molecular flexibility index (Phi) is 10.1. The summed E-state index contributed by atoms with van der Waals surface area (Å²) in [7, 11) is 4.23. The van der Waals surface area contributed by atoms with Crippen molar-refractivity contribution < 1.29 is 19.1 Å². The van der Waals surface area contributed by atoms with Crippen molar-refractivity contribution in [1.29, 1.82) is 0 Å². The predicted molar refractivity (Wildman–Crippen MR) is 152 cm³/mol. The molecular weight excluding hydrogens is 504 g/mol. The van der Waals surface area contributed by atoms with E-state index in [9.17, 15) is 9.59 Å². The van der Waals surface area contributed by atoms with Gasteiger partial charge in [0.15, 0.2) is 12.2 Å². The fourth-order valence-electron chi connectivity index (χ4n) is 5.07. The maximum atomic E-state index is 12.2. The first-order valence-corrected chi connectivity index (χ1v) is 13.7. The number of carbonyl (C=O) groups is 2. The molecule has 2 aromatic rings. The van der Waals surface area contributed by atoms with Crippen molar-refractivity contribution in [2.45, 2.75) is 63.8 Å². The molecule has 4 atom stereocenters. The summed E-state index contributed by atoms with van der Waals surface area (Å²) in [5, 5.41) is 0. The minimum Gasteiger partial charge on any atom is -0.446 e. The Balaban J connectivity index is 1.24. The Morgan fingerprint density at radius 3 is 1.60 bits per heavy atom. The van der Waals surface area contributed by atoms with E-state index in [-0.39, 0.29) is 0 Å². The molecule has 2 aromatic heterocycles. The highest BCUT2D eigenvalue weighted by molar-refractivity contribution is 5.91. The van der Waals surface area contributed by atoms with Gasteiger partial charge in [0.25, 0.3) is 0 Å². The zero-order valence-corrected chi connectivity index (χ0v) is 23.6. The topological polar surface area (TPSA) is 84.9 Å². The van der Waals surface area contributed by atoms with Crippen LogP contribution in [0.25, 0.3) is 0 Å². The van der Waals surface area contributed by atoms with Crippen LogP contribution in [-0.2, 0) is 19.1 Å². The van der Waals surface area contributed by atoms with Crippen LogP contribution < -0.4 is 0 Å². The zero-order valence-electron chi connectivity index (χ0n) is 23.6. The van der Waals surface area contributed by atoms with Gasteiger partial charge in [-0.15, -0.1) is 0 Å². The van der Waals surface area contributed by atoms with Crippen LogP contribution >= 0.6 is 0 Å². The van der Waals surface area contributed by atoms with Gasteiger partial charge in [-0.2, -0.15) is 0 Å². The van der Waals surface area contributed by atoms with Gasteiger partial charge in [-0.3, -0.25) is 19.8 Å². The van der Waals surface area contributed by atoms with Gasteiger partial charge in [0.1, 0.15) is 0 Å². The molecule has 4 unspecified atom stereocenters. The van der Waals surface area contributed by atoms with Crippen LogP contribution in [0.3, 0.4) is 0 Å². The van der Waals surface area contributed by atoms with Gasteiger partial charge in [-0.05, 0) is 90.0 Å². The molecule has 0 amide bonds. The highest BCUT2D eigenvalue weighted by Gasteiger charge is 2.23. The average Bonchev–Trinajstić information content (AvgIpc) is 3.57. The Bertz CT molecular complexity index is 1260. The molecule has 8 nitrogen and oxygen atoms in total. The van der Waals surface area contributed by atoms with Crippen LogP contribution in [0.5, 0.6) is 0 Å². The summed E-state index contributed by atoms with van der Waals surface area (Å²) in [6.07, 6.45) is 12.4. The molecule has 2 fully saturated rings. The van der Waals surface area contributed by atoms with Gasteiger partial charge in [0, 0.05) is 60.1 Å². The van der Waals surface area contributed by atoms with E-state index >= 15 is 0 Å². The molecule has 0 radical (unpaired) electrons. The summed E-state index contributed by atoms with van der Waals surface area (Å²) >= 11 is 0. The third-order valence-corrected chi connectivity index (χ3v) is 7.11. The lowest BCUT2D eigenvalue weighted by Crippen LogP contribution is -2.17. The maximum absolute atomic E-state index is 12.2. The van der Waals surface area contributed by atoms with Crippen molar-refractivity contribution in [3.8, 4) is 23.7 Å². The molecule has 2 aliphatic heterocycles. The molecule has 0 aromatic carbocycles. The number of aromatic nitrogens is 2. The molecule has 4 rings (SSSR count). The van der Waals surface area contributed by atoms with Crippen LogP contribution in [0.15, 0.2) is 49.1 Å². The molecular formula is C32H36N4O4. The number of hydrogen-bond acceptors (Lipinski definition) is 8. The van der Waals surface area contributed by atoms with Gasteiger partial charge < -0.3 is 9.47 Å². The van der Waals surface area contributed by atoms with Crippen LogP contribution in [0.2, 0.25) is 0 Å². The highest BCUT2D eigenvalue weighted by atomic mass is 16.5. The summed E-state index contributed by atoms with van der Waals surface area (Å²) in [6, 6.07) is 4.77. The van der Waals surface area contributed by atoms with Crippen LogP contribution in [0, 0.1) is 23.7 Å². The van der Waals surface area contributed by atoms with Crippen molar-refractivity contribution in [2.75, 3.05) is 27.2 Å². The Hall–Kier alpha value is -3.98. The summed E-state index contributed by atoms with van der Waals surface area (Å²) < 4.78 is 10.5. The van der Waals surface area contributed by atoms with E-state index in [2.05, 4.69) is 57.5 Å². The summed E-state index contributed by atoms with van der Waals surface area (Å²) in [5.41, 5.74) is 3.81. The first-order valence-electron chi connectivity index (χ1n) is 13.7. The van der Waals surface area contributed by atoms with Gasteiger partial charge >= 0.3 is 11.9 Å². The lowest BCUT2D eigenvalue weighted by Gasteiger charge is -2.19. The number of rotatable bonds is 6. The third-order valence-electron chi connectivity index (χ3n) is 7.11. The number of ether oxygens (including phenoxy) is 2. The van der Waals surface area contributed by atoms with E-state index in [0.29, 0.717) is 12.1 Å². The largest absolute Gasteiger partial charge is 0.446 e. The molecule has 2 aliphatic rings. The maximum Gasteiger partial charge on any atom is 0.332 e. The van der Waals surface area contributed by atoms with E-state index in [4.69, 9.17) is 9.47 Å². The number of pyridine rings is 2. The standard InChI is InChI=1S/C32H36N4O4/c1-23(9-11-25-17-27(21-33-19-25)29-7-5-15-35(29)3)39-31(37)13-14-32(38)40-24(2)10-12-26-18-28(22-34-20-26)30-8-6-16-36(30)4/h13-14,17-24,29-30H,5-8,15-16H2,1-4H3/b14-13+. The molecule has 40 heavy (non-hydrogen) atoms. The quantitative estimate of drug-likeness (QED) is 0.311. The SMILES string of the molecule is CC(C#Cc1cncc(C2CCCN2C)c1)OC(=O)/C=C/C(=O)OC(C)C#Cc1cncc(C2CCCN2C)c1. The molecule has 0 aliphatic carbocycles. The molecule has 0 saturated carbocycles. The summed E-state index contributed by atoms with van der Waals surface area (Å²) in [6.45, 7) is 5.49. The zero-order chi connectivity index (χ0) is 28.5. The van der Waals surface area contributed by atoms with Gasteiger partial charge in [-0.1, -0.05) is 23.7 Å². The second-order valence-electron chi connectivity index (χ2n) is 10.3. The van der Waals surface area contributed by atoms with Gasteiger partial charge in [-0.25, -0.2) is 9.59 Å². The minimum absolute atomic E-state index is 0.357. The molecule has 8 heteroatoms. The number of likely N-dealkylation sites (tertiary alicyclic amines) is 2. The number of hydrogen-bond donors (Lipinski definition) is 0. The fraction of sp³-hybridized carbons (Fsp3) is 0.438. The molecule has 0 bridgehead atoms. The van der Waals surface area contributed by atoms with E-state index in [1.54, 1.807) is 26.2 Å². The van der Waals surface area contributed by atoms with Crippen LogP contribution in [0.4, 0.5) is 0 Å². The minimum atomic E-state index is -0.684. The van der Waals surface area contributed by atoms with Crippen LogP contribution in [0.1, 0.15) is 73.9 Å². The number of esters is 2. The van der Waals surface area contributed by atoms with Crippen LogP contribution in [-0.4, -0.2) is 71.1 Å². The molecule has 0 N–H and O–H groups in total. The lowest BCUT2D eigenvalue weighted by atomic mass is 10.1. The first-order chi connectivity index (χ1) is 19.3. The molecule has 0 spiro atoms. The third kappa shape index (κ3) is 8.26. The Labute approximate surface area is 236 Å². The van der Waals surface area contributed by atoms with Gasteiger partial charge in [0.2, 0.25) is 0 Å². The Morgan fingerprint density at radius 1 is 0.800 bits per heavy atom. The lowest BCUT2D eigenvalue weighted by molar-refractivity contribution is -0.142. The van der Waals surface area contributed by atoms with Crippen molar-refractivity contribution in [3.63, 3.8) is 0 Å². The molecule has 2 saturated heterocycles. The fourth-order valence-corrected chi connectivity index (χ4v) is 5.07. The average molecular weight is 541 g/mol.